The monoisotopic (exact) mass is 1140 g/mol. The number of hydrogen-bond acceptors (Lipinski definition) is 21. The van der Waals surface area contributed by atoms with Crippen LogP contribution in [0.25, 0.3) is 0 Å². The zero-order valence-electron chi connectivity index (χ0n) is 47.2. The zero-order chi connectivity index (χ0) is 58.4. The van der Waals surface area contributed by atoms with E-state index in [9.17, 15) is 38.7 Å². The van der Waals surface area contributed by atoms with E-state index < -0.39 is 59.8 Å². The van der Waals surface area contributed by atoms with Crippen molar-refractivity contribution in [2.45, 2.75) is 71.4 Å². The van der Waals surface area contributed by atoms with Crippen molar-refractivity contribution in [1.82, 2.24) is 25.8 Å². The standard InChI is InChI=1S/C53H89N7O20/c1-5-49(65)80-40-42-8-10-43(11-9-42)56-51(66)44(7-6-15-55-53(54)68)57-52(67)50(41(2)3)58-45(61)14-16-59(48(64)39-60-46(62)12-13-47(60)63)17-18-70-21-22-72-25-26-74-29-30-76-33-34-78-37-38-79-36-35-77-32-31-75-28-27-73-24-23-71-20-19-69-4/h8-13,41,44,48,50,64H,5-7,14-40H2,1-4H3,(H,56,66)(H,57,67)(H,58,61)(H3,54,55,68)/t44-,48?,50-/m0/s1. The molecule has 0 bridgehead atoms. The van der Waals surface area contributed by atoms with Crippen LogP contribution in [0.1, 0.15) is 52.0 Å². The third-order valence-electron chi connectivity index (χ3n) is 11.4. The predicted octanol–water partition coefficient (Wildman–Crippen LogP) is -0.0997. The Kier molecular flexibility index (Phi) is 41.0. The number of nitrogens with two attached hydrogens (primary N) is 1. The van der Waals surface area contributed by atoms with Gasteiger partial charge in [-0.05, 0) is 36.5 Å². The van der Waals surface area contributed by atoms with Crippen LogP contribution in [0.3, 0.4) is 0 Å². The van der Waals surface area contributed by atoms with Crippen LogP contribution in [0.2, 0.25) is 0 Å². The number of aliphatic hydroxyl groups is 1. The number of hydrogen-bond donors (Lipinski definition) is 6. The topological polar surface area (TPSA) is 331 Å². The van der Waals surface area contributed by atoms with Crippen molar-refractivity contribution < 1.29 is 95.5 Å². The number of carbonyl (C=O) groups excluding carboxylic acids is 7. The van der Waals surface area contributed by atoms with E-state index in [1.165, 1.54) is 4.90 Å². The smallest absolute Gasteiger partial charge is 0.312 e. The van der Waals surface area contributed by atoms with E-state index in [0.29, 0.717) is 130 Å². The Morgan fingerprint density at radius 3 is 1.50 bits per heavy atom. The van der Waals surface area contributed by atoms with E-state index in [4.69, 9.17) is 62.6 Å². The van der Waals surface area contributed by atoms with E-state index in [0.717, 1.165) is 17.1 Å². The van der Waals surface area contributed by atoms with Crippen LogP contribution in [0.4, 0.5) is 10.5 Å². The van der Waals surface area contributed by atoms with Gasteiger partial charge in [0.1, 0.15) is 24.9 Å². The van der Waals surface area contributed by atoms with Crippen LogP contribution in [0.5, 0.6) is 0 Å². The minimum atomic E-state index is -1.36. The van der Waals surface area contributed by atoms with E-state index in [-0.39, 0.29) is 84.3 Å². The zero-order valence-corrected chi connectivity index (χ0v) is 47.2. The van der Waals surface area contributed by atoms with Gasteiger partial charge >= 0.3 is 12.0 Å². The molecular weight excluding hydrogens is 1050 g/mol. The molecule has 0 saturated carbocycles. The van der Waals surface area contributed by atoms with Gasteiger partial charge in [0.2, 0.25) is 17.7 Å². The number of β-amino-alcohol motifs (C(OH)–C–C–N with tert-alkyl or cyclic N) is 1. The summed E-state index contributed by atoms with van der Waals surface area (Å²) in [6.45, 7) is 13.7. The highest BCUT2D eigenvalue weighted by Crippen LogP contribution is 2.14. The quantitative estimate of drug-likeness (QED) is 0.0215. The number of ether oxygens (including phenoxy) is 12. The van der Waals surface area contributed by atoms with Crippen LogP contribution in [-0.2, 0) is 92.2 Å². The minimum absolute atomic E-state index is 0.0511. The number of primary amides is 1. The predicted molar refractivity (Wildman–Crippen MR) is 289 cm³/mol. The van der Waals surface area contributed by atoms with E-state index in [1.807, 2.05) is 0 Å². The second-order valence-corrected chi connectivity index (χ2v) is 18.0. The van der Waals surface area contributed by atoms with E-state index in [2.05, 4.69) is 21.3 Å². The average molecular weight is 1140 g/mol. The summed E-state index contributed by atoms with van der Waals surface area (Å²) < 4.78 is 65.1. The summed E-state index contributed by atoms with van der Waals surface area (Å²) in [5.41, 5.74) is 6.31. The molecule has 27 nitrogen and oxygen atoms in total. The number of amides is 7. The normalized spacial score (nSPS) is 13.5. The molecule has 0 radical (unpaired) electrons. The number of methoxy groups -OCH3 is 1. The maximum absolute atomic E-state index is 13.8. The number of aliphatic hydroxyl groups excluding tert-OH is 1. The van der Waals surface area contributed by atoms with Crippen LogP contribution < -0.4 is 27.0 Å². The van der Waals surface area contributed by atoms with Crippen molar-refractivity contribution in [2.75, 3.05) is 177 Å². The molecule has 2 rings (SSSR count). The largest absolute Gasteiger partial charge is 0.461 e. The Labute approximate surface area is 469 Å². The Morgan fingerprint density at radius 2 is 1.07 bits per heavy atom. The molecule has 0 saturated heterocycles. The molecule has 0 spiro atoms. The maximum Gasteiger partial charge on any atom is 0.312 e. The third kappa shape index (κ3) is 35.5. The molecule has 7 amide bonds. The SMILES string of the molecule is CCC(=O)OCc1ccc(NC(=O)[C@H](CCCNC(N)=O)NC(=O)[C@@H](NC(=O)CCN(CCOCCOCCOCCOCCOCCOCCOCCOCCOCCOCCOC)C(O)CN2C(=O)C=CC2=O)C(C)C)cc1. The molecule has 0 fully saturated rings. The molecule has 3 atom stereocenters. The second kappa shape index (κ2) is 46.3. The van der Waals surface area contributed by atoms with Crippen molar-refractivity contribution in [3.05, 3.63) is 42.0 Å². The van der Waals surface area contributed by atoms with Crippen molar-refractivity contribution in [3.63, 3.8) is 0 Å². The molecule has 1 heterocycles. The van der Waals surface area contributed by atoms with Gasteiger partial charge in [0, 0.05) is 57.4 Å². The summed E-state index contributed by atoms with van der Waals surface area (Å²) in [7, 11) is 1.63. The Balaban J connectivity index is 1.67. The molecule has 1 unspecified atom stereocenters. The molecule has 1 aliphatic rings. The van der Waals surface area contributed by atoms with Gasteiger partial charge in [0.25, 0.3) is 11.8 Å². The fourth-order valence-electron chi connectivity index (χ4n) is 6.96. The highest BCUT2D eigenvalue weighted by atomic mass is 16.6. The van der Waals surface area contributed by atoms with Crippen LogP contribution in [0.15, 0.2) is 36.4 Å². The van der Waals surface area contributed by atoms with Crippen molar-refractivity contribution in [1.29, 1.82) is 0 Å². The maximum atomic E-state index is 13.8. The lowest BCUT2D eigenvalue weighted by Crippen LogP contribution is -2.55. The molecule has 456 valence electrons. The van der Waals surface area contributed by atoms with Gasteiger partial charge in [0.15, 0.2) is 0 Å². The second-order valence-electron chi connectivity index (χ2n) is 18.0. The van der Waals surface area contributed by atoms with Gasteiger partial charge in [-0.3, -0.25) is 38.6 Å². The highest BCUT2D eigenvalue weighted by Gasteiger charge is 2.31. The fraction of sp³-hybridized carbons (Fsp3) is 0.717. The summed E-state index contributed by atoms with van der Waals surface area (Å²) in [4.78, 5) is 90.5. The average Bonchev–Trinajstić information content (AvgIpc) is 3.76. The van der Waals surface area contributed by atoms with Gasteiger partial charge in [-0.15, -0.1) is 0 Å². The van der Waals surface area contributed by atoms with Gasteiger partial charge in [-0.2, -0.15) is 0 Å². The number of nitrogens with zero attached hydrogens (tertiary/aromatic N) is 2. The van der Waals surface area contributed by atoms with E-state index in [1.54, 1.807) is 52.1 Å². The van der Waals surface area contributed by atoms with Gasteiger partial charge in [-0.25, -0.2) is 4.79 Å². The summed E-state index contributed by atoms with van der Waals surface area (Å²) in [5, 5.41) is 21.9. The molecule has 1 aliphatic heterocycles. The van der Waals surface area contributed by atoms with Crippen molar-refractivity contribution in [3.8, 4) is 0 Å². The molecule has 0 aromatic heterocycles. The number of esters is 1. The van der Waals surface area contributed by atoms with Gasteiger partial charge in [-0.1, -0.05) is 32.9 Å². The third-order valence-corrected chi connectivity index (χ3v) is 11.4. The van der Waals surface area contributed by atoms with Crippen molar-refractivity contribution in [2.24, 2.45) is 11.7 Å². The van der Waals surface area contributed by atoms with Crippen LogP contribution in [0, 0.1) is 5.92 Å². The number of carbonyl (C=O) groups is 7. The number of nitrogens with one attached hydrogen (secondary N) is 4. The lowest BCUT2D eigenvalue weighted by Gasteiger charge is -2.30. The first-order valence-corrected chi connectivity index (χ1v) is 27.2. The number of imide groups is 1. The Morgan fingerprint density at radius 1 is 0.625 bits per heavy atom. The lowest BCUT2D eigenvalue weighted by molar-refractivity contribution is -0.144. The molecule has 1 aromatic rings. The highest BCUT2D eigenvalue weighted by molar-refractivity contribution is 6.12. The first kappa shape index (κ1) is 70.8. The molecule has 7 N–H and O–H groups in total. The number of rotatable bonds is 52. The molecule has 1 aromatic carbocycles. The van der Waals surface area contributed by atoms with Crippen LogP contribution >= 0.6 is 0 Å². The number of benzene rings is 1. The lowest BCUT2D eigenvalue weighted by atomic mass is 10.0. The van der Waals surface area contributed by atoms with E-state index >= 15 is 0 Å². The summed E-state index contributed by atoms with van der Waals surface area (Å²) in [6, 6.07) is 3.69. The molecule has 0 aliphatic carbocycles. The summed E-state index contributed by atoms with van der Waals surface area (Å²) in [6.07, 6.45) is 1.25. The first-order valence-electron chi connectivity index (χ1n) is 27.2. The molecule has 80 heavy (non-hydrogen) atoms. The number of anilines is 1. The minimum Gasteiger partial charge on any atom is -0.461 e. The van der Waals surface area contributed by atoms with Crippen LogP contribution in [-0.4, -0.2) is 247 Å². The molecular formula is C53H89N7O20. The van der Waals surface area contributed by atoms with Gasteiger partial charge in [0.05, 0.1) is 145 Å². The number of urea groups is 1. The summed E-state index contributed by atoms with van der Waals surface area (Å²) >= 11 is 0. The Hall–Kier alpha value is -5.27. The fourth-order valence-corrected chi connectivity index (χ4v) is 6.96. The summed E-state index contributed by atoms with van der Waals surface area (Å²) in [5.74, 6) is -3.70. The van der Waals surface area contributed by atoms with Crippen molar-refractivity contribution >= 4 is 47.2 Å². The Bertz CT molecular complexity index is 1880. The van der Waals surface area contributed by atoms with Gasteiger partial charge < -0.3 is 88.9 Å². The molecule has 27 heteroatoms. The first-order chi connectivity index (χ1) is 38.7.